The lowest BCUT2D eigenvalue weighted by Crippen LogP contribution is -2.24. The second-order valence-electron chi connectivity index (χ2n) is 4.42. The molecular formula is C15H18ClN3. The number of pyridine rings is 2. The molecule has 0 aliphatic heterocycles. The Morgan fingerprint density at radius 3 is 2.79 bits per heavy atom. The van der Waals surface area contributed by atoms with E-state index in [0.29, 0.717) is 5.88 Å². The molecule has 3 nitrogen and oxygen atoms in total. The molecule has 0 saturated carbocycles. The molecule has 2 heterocycles. The zero-order valence-electron chi connectivity index (χ0n) is 11.3. The monoisotopic (exact) mass is 275 g/mol. The standard InChI is InChI=1S/C15H18ClN3/c1-3-19(11-14-6-4-5-12(2)18-14)15-10-17-8-7-13(15)9-16/h4-8,10H,3,9,11H2,1-2H3. The minimum atomic E-state index is 0.496. The Kier molecular flexibility index (Phi) is 4.74. The lowest BCUT2D eigenvalue weighted by atomic mass is 10.2. The minimum Gasteiger partial charge on any atom is -0.364 e. The minimum absolute atomic E-state index is 0.496. The van der Waals surface area contributed by atoms with Crippen molar-refractivity contribution in [2.45, 2.75) is 26.3 Å². The average Bonchev–Trinajstić information content (AvgIpc) is 2.45. The van der Waals surface area contributed by atoms with Gasteiger partial charge in [-0.2, -0.15) is 0 Å². The fourth-order valence-corrected chi connectivity index (χ4v) is 2.29. The van der Waals surface area contributed by atoms with E-state index >= 15 is 0 Å². The summed E-state index contributed by atoms with van der Waals surface area (Å²) < 4.78 is 0. The van der Waals surface area contributed by atoms with Crippen LogP contribution in [0.4, 0.5) is 5.69 Å². The summed E-state index contributed by atoms with van der Waals surface area (Å²) in [6.45, 7) is 5.80. The first kappa shape index (κ1) is 13.8. The van der Waals surface area contributed by atoms with Crippen LogP contribution in [-0.2, 0) is 12.4 Å². The number of halogens is 1. The molecule has 0 N–H and O–H groups in total. The zero-order chi connectivity index (χ0) is 13.7. The van der Waals surface area contributed by atoms with Crippen molar-refractivity contribution >= 4 is 17.3 Å². The van der Waals surface area contributed by atoms with Crippen LogP contribution in [0.25, 0.3) is 0 Å². The Balaban J connectivity index is 2.25. The van der Waals surface area contributed by atoms with Crippen LogP contribution in [0.2, 0.25) is 0 Å². The van der Waals surface area contributed by atoms with Gasteiger partial charge in [0, 0.05) is 24.3 Å². The van der Waals surface area contributed by atoms with Gasteiger partial charge in [0.25, 0.3) is 0 Å². The summed E-state index contributed by atoms with van der Waals surface area (Å²) >= 11 is 5.99. The molecule has 0 spiro atoms. The van der Waals surface area contributed by atoms with Crippen LogP contribution in [0.3, 0.4) is 0 Å². The summed E-state index contributed by atoms with van der Waals surface area (Å²) in [5.41, 5.74) is 4.29. The molecule has 2 aromatic heterocycles. The summed E-state index contributed by atoms with van der Waals surface area (Å²) in [7, 11) is 0. The highest BCUT2D eigenvalue weighted by molar-refractivity contribution is 6.17. The Morgan fingerprint density at radius 1 is 1.26 bits per heavy atom. The third-order valence-electron chi connectivity index (χ3n) is 3.05. The zero-order valence-corrected chi connectivity index (χ0v) is 12.1. The van der Waals surface area contributed by atoms with Gasteiger partial charge in [-0.15, -0.1) is 11.6 Å². The van der Waals surface area contributed by atoms with E-state index < -0.39 is 0 Å². The Hall–Kier alpha value is -1.61. The number of hydrogen-bond donors (Lipinski definition) is 0. The maximum absolute atomic E-state index is 5.99. The van der Waals surface area contributed by atoms with Gasteiger partial charge in [0.15, 0.2) is 0 Å². The fourth-order valence-electron chi connectivity index (χ4n) is 2.06. The topological polar surface area (TPSA) is 29.0 Å². The molecule has 0 amide bonds. The van der Waals surface area contributed by atoms with Gasteiger partial charge >= 0.3 is 0 Å². The smallest absolute Gasteiger partial charge is 0.0602 e. The number of anilines is 1. The van der Waals surface area contributed by atoms with Gasteiger partial charge in [-0.05, 0) is 37.6 Å². The highest BCUT2D eigenvalue weighted by atomic mass is 35.5. The molecular weight excluding hydrogens is 258 g/mol. The second-order valence-corrected chi connectivity index (χ2v) is 4.69. The van der Waals surface area contributed by atoms with Gasteiger partial charge in [-0.3, -0.25) is 9.97 Å². The first-order valence-electron chi connectivity index (χ1n) is 6.41. The van der Waals surface area contributed by atoms with Crippen LogP contribution in [0, 0.1) is 6.92 Å². The lowest BCUT2D eigenvalue weighted by molar-refractivity contribution is 0.799. The molecule has 0 aliphatic carbocycles. The SMILES string of the molecule is CCN(Cc1cccc(C)n1)c1cnccc1CCl. The average molecular weight is 276 g/mol. The number of hydrogen-bond acceptors (Lipinski definition) is 3. The number of alkyl halides is 1. The number of aromatic nitrogens is 2. The van der Waals surface area contributed by atoms with E-state index in [1.165, 1.54) is 0 Å². The molecule has 0 radical (unpaired) electrons. The van der Waals surface area contributed by atoms with Crippen molar-refractivity contribution in [3.63, 3.8) is 0 Å². The van der Waals surface area contributed by atoms with Gasteiger partial charge < -0.3 is 4.90 Å². The molecule has 19 heavy (non-hydrogen) atoms. The lowest BCUT2D eigenvalue weighted by Gasteiger charge is -2.24. The van der Waals surface area contributed by atoms with E-state index in [0.717, 1.165) is 35.7 Å². The number of rotatable bonds is 5. The van der Waals surface area contributed by atoms with Crippen molar-refractivity contribution in [1.29, 1.82) is 0 Å². The molecule has 100 valence electrons. The summed E-state index contributed by atoms with van der Waals surface area (Å²) in [6.07, 6.45) is 3.65. The first-order chi connectivity index (χ1) is 9.24. The molecule has 0 aromatic carbocycles. The normalized spacial score (nSPS) is 10.5. The van der Waals surface area contributed by atoms with Gasteiger partial charge in [-0.25, -0.2) is 0 Å². The van der Waals surface area contributed by atoms with Crippen molar-refractivity contribution < 1.29 is 0 Å². The predicted molar refractivity (Wildman–Crippen MR) is 79.5 cm³/mol. The van der Waals surface area contributed by atoms with Gasteiger partial charge in [0.2, 0.25) is 0 Å². The molecule has 0 aliphatic rings. The highest BCUT2D eigenvalue weighted by Crippen LogP contribution is 2.22. The van der Waals surface area contributed by atoms with Crippen LogP contribution < -0.4 is 4.90 Å². The van der Waals surface area contributed by atoms with E-state index in [1.54, 1.807) is 6.20 Å². The summed E-state index contributed by atoms with van der Waals surface area (Å²) in [6, 6.07) is 8.06. The Morgan fingerprint density at radius 2 is 2.11 bits per heavy atom. The summed E-state index contributed by atoms with van der Waals surface area (Å²) in [5, 5.41) is 0. The predicted octanol–water partition coefficient (Wildman–Crippen LogP) is 3.55. The molecule has 0 bridgehead atoms. The molecule has 0 fully saturated rings. The van der Waals surface area contributed by atoms with Gasteiger partial charge in [0.1, 0.15) is 0 Å². The fraction of sp³-hybridized carbons (Fsp3) is 0.333. The quantitative estimate of drug-likeness (QED) is 0.782. The van der Waals surface area contributed by atoms with Gasteiger partial charge in [0.05, 0.1) is 24.1 Å². The number of aryl methyl sites for hydroxylation is 1. The Labute approximate surface area is 119 Å². The number of nitrogens with zero attached hydrogens (tertiary/aromatic N) is 3. The molecule has 0 unspecified atom stereocenters. The van der Waals surface area contributed by atoms with Crippen molar-refractivity contribution in [1.82, 2.24) is 9.97 Å². The van der Waals surface area contributed by atoms with Crippen LogP contribution in [-0.4, -0.2) is 16.5 Å². The molecule has 4 heteroatoms. The van der Waals surface area contributed by atoms with Crippen molar-refractivity contribution in [3.05, 3.63) is 53.6 Å². The maximum atomic E-state index is 5.99. The van der Waals surface area contributed by atoms with E-state index in [-0.39, 0.29) is 0 Å². The third-order valence-corrected chi connectivity index (χ3v) is 3.34. The van der Waals surface area contributed by atoms with E-state index in [2.05, 4.69) is 21.8 Å². The molecule has 0 saturated heterocycles. The van der Waals surface area contributed by atoms with Gasteiger partial charge in [-0.1, -0.05) is 6.07 Å². The first-order valence-corrected chi connectivity index (χ1v) is 6.94. The van der Waals surface area contributed by atoms with Crippen LogP contribution in [0.1, 0.15) is 23.9 Å². The summed E-state index contributed by atoms with van der Waals surface area (Å²) in [5.74, 6) is 0.496. The highest BCUT2D eigenvalue weighted by Gasteiger charge is 2.10. The van der Waals surface area contributed by atoms with Crippen LogP contribution in [0.15, 0.2) is 36.7 Å². The van der Waals surface area contributed by atoms with E-state index in [1.807, 2.05) is 37.4 Å². The van der Waals surface area contributed by atoms with Crippen LogP contribution in [0.5, 0.6) is 0 Å². The van der Waals surface area contributed by atoms with Crippen molar-refractivity contribution in [2.24, 2.45) is 0 Å². The van der Waals surface area contributed by atoms with E-state index in [9.17, 15) is 0 Å². The molecule has 2 rings (SSSR count). The van der Waals surface area contributed by atoms with Crippen LogP contribution >= 0.6 is 11.6 Å². The Bertz CT molecular complexity index is 542. The molecule has 0 atom stereocenters. The maximum Gasteiger partial charge on any atom is 0.0602 e. The summed E-state index contributed by atoms with van der Waals surface area (Å²) in [4.78, 5) is 11.0. The van der Waals surface area contributed by atoms with E-state index in [4.69, 9.17) is 11.6 Å². The van der Waals surface area contributed by atoms with Crippen molar-refractivity contribution in [3.8, 4) is 0 Å². The molecule has 2 aromatic rings. The third kappa shape index (κ3) is 3.44. The van der Waals surface area contributed by atoms with Crippen molar-refractivity contribution in [2.75, 3.05) is 11.4 Å². The second kappa shape index (κ2) is 6.53. The largest absolute Gasteiger partial charge is 0.364 e.